The van der Waals surface area contributed by atoms with Gasteiger partial charge in [-0.3, -0.25) is 4.79 Å². The number of nitrogens with one attached hydrogen (secondary N) is 2. The highest BCUT2D eigenvalue weighted by atomic mass is 16.1. The number of hydrogen-bond acceptors (Lipinski definition) is 1. The molecule has 72 valence electrons. The molecule has 1 amide bonds. The lowest BCUT2D eigenvalue weighted by atomic mass is 10.2. The molecule has 1 heterocycles. The van der Waals surface area contributed by atoms with Crippen molar-refractivity contribution in [1.29, 1.82) is 0 Å². The van der Waals surface area contributed by atoms with Crippen LogP contribution >= 0.6 is 0 Å². The topological polar surface area (TPSA) is 44.9 Å². The van der Waals surface area contributed by atoms with E-state index >= 15 is 0 Å². The molecule has 0 fully saturated rings. The maximum absolute atomic E-state index is 10.9. The average molecular weight is 188 g/mol. The van der Waals surface area contributed by atoms with Gasteiger partial charge in [-0.15, -0.1) is 0 Å². The number of H-pyrrole nitrogens is 1. The molecule has 1 aromatic carbocycles. The number of aromatic amines is 1. The van der Waals surface area contributed by atoms with Crippen molar-refractivity contribution in [3.8, 4) is 0 Å². The van der Waals surface area contributed by atoms with Crippen molar-refractivity contribution in [2.45, 2.75) is 13.8 Å². The molecule has 0 spiro atoms. The van der Waals surface area contributed by atoms with E-state index in [2.05, 4.69) is 10.3 Å². The number of anilines is 1. The second-order valence-corrected chi connectivity index (χ2v) is 3.40. The van der Waals surface area contributed by atoms with Crippen LogP contribution in [-0.4, -0.2) is 10.9 Å². The van der Waals surface area contributed by atoms with Crippen LogP contribution in [0.25, 0.3) is 10.9 Å². The molecule has 0 aliphatic heterocycles. The van der Waals surface area contributed by atoms with Gasteiger partial charge in [0.2, 0.25) is 5.91 Å². The lowest BCUT2D eigenvalue weighted by Crippen LogP contribution is -2.05. The minimum atomic E-state index is -0.0450. The Labute approximate surface area is 82.1 Å². The zero-order chi connectivity index (χ0) is 10.1. The van der Waals surface area contributed by atoms with Crippen LogP contribution in [-0.2, 0) is 4.79 Å². The fourth-order valence-corrected chi connectivity index (χ4v) is 1.59. The van der Waals surface area contributed by atoms with Crippen LogP contribution in [0.2, 0.25) is 0 Å². The Kier molecular flexibility index (Phi) is 2.00. The van der Waals surface area contributed by atoms with Gasteiger partial charge in [-0.05, 0) is 25.1 Å². The molecule has 2 N–H and O–H groups in total. The zero-order valence-electron chi connectivity index (χ0n) is 8.22. The summed E-state index contributed by atoms with van der Waals surface area (Å²) >= 11 is 0. The average Bonchev–Trinajstić information content (AvgIpc) is 2.45. The predicted octanol–water partition coefficient (Wildman–Crippen LogP) is 2.43. The van der Waals surface area contributed by atoms with E-state index in [1.165, 1.54) is 6.92 Å². The molecule has 0 saturated heterocycles. The molecule has 1 aromatic heterocycles. The summed E-state index contributed by atoms with van der Waals surface area (Å²) in [5.41, 5.74) is 3.01. The van der Waals surface area contributed by atoms with Gasteiger partial charge in [0.1, 0.15) is 0 Å². The smallest absolute Gasteiger partial charge is 0.221 e. The number of rotatable bonds is 1. The maximum Gasteiger partial charge on any atom is 0.221 e. The van der Waals surface area contributed by atoms with Gasteiger partial charge in [-0.25, -0.2) is 0 Å². The van der Waals surface area contributed by atoms with Crippen molar-refractivity contribution in [3.63, 3.8) is 0 Å². The van der Waals surface area contributed by atoms with Gasteiger partial charge in [0.25, 0.3) is 0 Å². The number of aryl methyl sites for hydroxylation is 1. The van der Waals surface area contributed by atoms with Gasteiger partial charge in [-0.2, -0.15) is 0 Å². The van der Waals surface area contributed by atoms with Crippen LogP contribution in [0.3, 0.4) is 0 Å². The van der Waals surface area contributed by atoms with Crippen molar-refractivity contribution in [3.05, 3.63) is 30.0 Å². The third-order valence-corrected chi connectivity index (χ3v) is 2.11. The Morgan fingerprint density at radius 1 is 1.43 bits per heavy atom. The first-order chi connectivity index (χ1) is 6.66. The maximum atomic E-state index is 10.9. The first-order valence-corrected chi connectivity index (χ1v) is 4.53. The molecule has 3 nitrogen and oxygen atoms in total. The quantitative estimate of drug-likeness (QED) is 0.709. The minimum absolute atomic E-state index is 0.0450. The third kappa shape index (κ3) is 1.48. The molecular weight excluding hydrogens is 176 g/mol. The number of amides is 1. The second kappa shape index (κ2) is 3.18. The fourth-order valence-electron chi connectivity index (χ4n) is 1.59. The normalized spacial score (nSPS) is 10.4. The predicted molar refractivity (Wildman–Crippen MR) is 57.3 cm³/mol. The van der Waals surface area contributed by atoms with Crippen LogP contribution in [0.4, 0.5) is 5.69 Å². The Hall–Kier alpha value is -1.77. The minimum Gasteiger partial charge on any atom is -0.359 e. The summed E-state index contributed by atoms with van der Waals surface area (Å²) in [5, 5.41) is 3.86. The fraction of sp³-hybridized carbons (Fsp3) is 0.182. The molecular formula is C11H12N2O. The SMILES string of the molecule is CC(=O)Nc1cccc2[nH]c(C)cc12. The van der Waals surface area contributed by atoms with Gasteiger partial charge in [0.15, 0.2) is 0 Å². The van der Waals surface area contributed by atoms with E-state index in [0.717, 1.165) is 22.3 Å². The van der Waals surface area contributed by atoms with E-state index in [9.17, 15) is 4.79 Å². The summed E-state index contributed by atoms with van der Waals surface area (Å²) in [5.74, 6) is -0.0450. The zero-order valence-corrected chi connectivity index (χ0v) is 8.22. The standard InChI is InChI=1S/C11H12N2O/c1-7-6-9-10(12-7)4-3-5-11(9)13-8(2)14/h3-6,12H,1-2H3,(H,13,14). The lowest BCUT2D eigenvalue weighted by molar-refractivity contribution is -0.114. The summed E-state index contributed by atoms with van der Waals surface area (Å²) in [6.45, 7) is 3.51. The molecule has 0 saturated carbocycles. The van der Waals surface area contributed by atoms with Crippen LogP contribution in [0.15, 0.2) is 24.3 Å². The van der Waals surface area contributed by atoms with Gasteiger partial charge in [-0.1, -0.05) is 6.07 Å². The van der Waals surface area contributed by atoms with E-state index in [1.807, 2.05) is 31.2 Å². The van der Waals surface area contributed by atoms with Crippen molar-refractivity contribution in [1.82, 2.24) is 4.98 Å². The third-order valence-electron chi connectivity index (χ3n) is 2.11. The van der Waals surface area contributed by atoms with Gasteiger partial charge < -0.3 is 10.3 Å². The highest BCUT2D eigenvalue weighted by Gasteiger charge is 2.03. The summed E-state index contributed by atoms with van der Waals surface area (Å²) < 4.78 is 0. The van der Waals surface area contributed by atoms with Crippen LogP contribution < -0.4 is 5.32 Å². The molecule has 2 aromatic rings. The highest BCUT2D eigenvalue weighted by Crippen LogP contribution is 2.23. The molecule has 3 heteroatoms. The number of benzene rings is 1. The number of carbonyl (C=O) groups is 1. The first kappa shape index (κ1) is 8.81. The monoisotopic (exact) mass is 188 g/mol. The molecule has 0 bridgehead atoms. The van der Waals surface area contributed by atoms with E-state index in [4.69, 9.17) is 0 Å². The van der Waals surface area contributed by atoms with Crippen LogP contribution in [0.1, 0.15) is 12.6 Å². The molecule has 0 radical (unpaired) electrons. The van der Waals surface area contributed by atoms with E-state index in [1.54, 1.807) is 0 Å². The number of carbonyl (C=O) groups excluding carboxylic acids is 1. The highest BCUT2D eigenvalue weighted by molar-refractivity contribution is 6.00. The molecule has 0 unspecified atom stereocenters. The summed E-state index contributed by atoms with van der Waals surface area (Å²) in [4.78, 5) is 14.2. The van der Waals surface area contributed by atoms with Crippen molar-refractivity contribution < 1.29 is 4.79 Å². The van der Waals surface area contributed by atoms with Crippen LogP contribution in [0.5, 0.6) is 0 Å². The Morgan fingerprint density at radius 2 is 2.21 bits per heavy atom. The lowest BCUT2D eigenvalue weighted by Gasteiger charge is -2.02. The Balaban J connectivity index is 2.58. The molecule has 0 aliphatic rings. The van der Waals surface area contributed by atoms with Crippen molar-refractivity contribution in [2.75, 3.05) is 5.32 Å². The second-order valence-electron chi connectivity index (χ2n) is 3.40. The largest absolute Gasteiger partial charge is 0.359 e. The number of fused-ring (bicyclic) bond motifs is 1. The van der Waals surface area contributed by atoms with Gasteiger partial charge in [0.05, 0.1) is 5.69 Å². The molecule has 0 atom stereocenters. The summed E-state index contributed by atoms with van der Waals surface area (Å²) in [6, 6.07) is 7.84. The Bertz CT molecular complexity index is 485. The Morgan fingerprint density at radius 3 is 2.93 bits per heavy atom. The number of hydrogen-bond donors (Lipinski definition) is 2. The van der Waals surface area contributed by atoms with Gasteiger partial charge >= 0.3 is 0 Å². The van der Waals surface area contributed by atoms with Crippen molar-refractivity contribution >= 4 is 22.5 Å². The van der Waals surface area contributed by atoms with Crippen molar-refractivity contribution in [2.24, 2.45) is 0 Å². The van der Waals surface area contributed by atoms with E-state index < -0.39 is 0 Å². The van der Waals surface area contributed by atoms with E-state index in [-0.39, 0.29) is 5.91 Å². The molecule has 14 heavy (non-hydrogen) atoms. The number of aromatic nitrogens is 1. The van der Waals surface area contributed by atoms with Gasteiger partial charge in [0, 0.05) is 23.5 Å². The van der Waals surface area contributed by atoms with Crippen LogP contribution in [0, 0.1) is 6.92 Å². The molecule has 0 aliphatic carbocycles. The summed E-state index contributed by atoms with van der Waals surface area (Å²) in [6.07, 6.45) is 0. The summed E-state index contributed by atoms with van der Waals surface area (Å²) in [7, 11) is 0. The van der Waals surface area contributed by atoms with E-state index in [0.29, 0.717) is 0 Å². The molecule has 2 rings (SSSR count). The first-order valence-electron chi connectivity index (χ1n) is 4.53.